The highest BCUT2D eigenvalue weighted by Gasteiger charge is 2.34. The van der Waals surface area contributed by atoms with Crippen LogP contribution in [0.3, 0.4) is 0 Å². The lowest BCUT2D eigenvalue weighted by Crippen LogP contribution is -2.53. The number of aliphatic carboxylic acids is 1. The zero-order chi connectivity index (χ0) is 24.8. The van der Waals surface area contributed by atoms with E-state index < -0.39 is 18.1 Å². The largest absolute Gasteiger partial charge is 0.489 e. The molecule has 188 valence electrons. The minimum absolute atomic E-state index is 0.0964. The summed E-state index contributed by atoms with van der Waals surface area (Å²) in [6, 6.07) is 14.1. The monoisotopic (exact) mass is 479 g/mol. The Balaban J connectivity index is 1.51. The second-order valence-corrected chi connectivity index (χ2v) is 9.96. The molecule has 35 heavy (non-hydrogen) atoms. The zero-order valence-corrected chi connectivity index (χ0v) is 20.8. The number of rotatable bonds is 9. The summed E-state index contributed by atoms with van der Waals surface area (Å²) in [6.07, 6.45) is 7.47. The number of carbonyl (C=O) groups excluding carboxylic acids is 1. The number of para-hydroxylation sites is 2. The van der Waals surface area contributed by atoms with Crippen molar-refractivity contribution >= 4 is 23.3 Å². The summed E-state index contributed by atoms with van der Waals surface area (Å²) >= 11 is 0. The van der Waals surface area contributed by atoms with Crippen LogP contribution in [0, 0.1) is 5.92 Å². The van der Waals surface area contributed by atoms with Crippen molar-refractivity contribution in [2.24, 2.45) is 5.92 Å². The molecule has 1 heterocycles. The fourth-order valence-corrected chi connectivity index (χ4v) is 5.12. The van der Waals surface area contributed by atoms with Gasteiger partial charge in [0.1, 0.15) is 24.4 Å². The highest BCUT2D eigenvalue weighted by Crippen LogP contribution is 2.33. The molecule has 1 amide bonds. The third kappa shape index (κ3) is 6.34. The smallest absolute Gasteiger partial charge is 0.320 e. The van der Waals surface area contributed by atoms with Gasteiger partial charge >= 0.3 is 5.97 Å². The summed E-state index contributed by atoms with van der Waals surface area (Å²) in [6.45, 7) is 0.476. The van der Waals surface area contributed by atoms with E-state index in [1.807, 2.05) is 67.5 Å². The third-order valence-corrected chi connectivity index (χ3v) is 7.21. The van der Waals surface area contributed by atoms with Gasteiger partial charge in [0.15, 0.2) is 0 Å². The molecule has 2 aromatic rings. The first kappa shape index (κ1) is 25.0. The Morgan fingerprint density at radius 3 is 2.51 bits per heavy atom. The molecule has 1 saturated carbocycles. The molecule has 1 aliphatic carbocycles. The summed E-state index contributed by atoms with van der Waals surface area (Å²) in [5.74, 6) is 0.125. The number of ether oxygens (including phenoxy) is 1. The Hall–Kier alpha value is -3.06. The van der Waals surface area contributed by atoms with Crippen LogP contribution in [0.25, 0.3) is 0 Å². The summed E-state index contributed by atoms with van der Waals surface area (Å²) < 4.78 is 6.00. The zero-order valence-electron chi connectivity index (χ0n) is 20.8. The Bertz CT molecular complexity index is 1000. The minimum atomic E-state index is -0.916. The topological polar surface area (TPSA) is 82.1 Å². The lowest BCUT2D eigenvalue weighted by Gasteiger charge is -2.28. The molecule has 1 fully saturated rings. The SMILES string of the molecule is CN(C)c1ccc(CN2C(=O)C(N[C@@H](CCC3CCCCC3)C(=O)O)COc3ccccc32)cc1. The van der Waals surface area contributed by atoms with Crippen LogP contribution in [0.5, 0.6) is 5.75 Å². The van der Waals surface area contributed by atoms with Gasteiger partial charge in [-0.05, 0) is 48.6 Å². The lowest BCUT2D eigenvalue weighted by atomic mass is 9.85. The van der Waals surface area contributed by atoms with Crippen molar-refractivity contribution in [1.29, 1.82) is 0 Å². The lowest BCUT2D eigenvalue weighted by molar-refractivity contribution is -0.140. The van der Waals surface area contributed by atoms with E-state index in [9.17, 15) is 14.7 Å². The number of hydrogen-bond donors (Lipinski definition) is 2. The van der Waals surface area contributed by atoms with Crippen LogP contribution in [0.2, 0.25) is 0 Å². The molecule has 2 atom stereocenters. The summed E-state index contributed by atoms with van der Waals surface area (Å²) in [4.78, 5) is 29.6. The number of benzene rings is 2. The molecule has 7 heteroatoms. The highest BCUT2D eigenvalue weighted by molar-refractivity contribution is 5.99. The molecule has 1 aliphatic heterocycles. The van der Waals surface area contributed by atoms with Crippen LogP contribution in [-0.4, -0.2) is 49.8 Å². The van der Waals surface area contributed by atoms with Crippen molar-refractivity contribution in [2.45, 2.75) is 63.6 Å². The maximum Gasteiger partial charge on any atom is 0.320 e. The molecule has 0 radical (unpaired) electrons. The molecule has 1 unspecified atom stereocenters. The first-order chi connectivity index (χ1) is 16.9. The van der Waals surface area contributed by atoms with Gasteiger partial charge in [-0.1, -0.05) is 56.4 Å². The van der Waals surface area contributed by atoms with Crippen molar-refractivity contribution in [1.82, 2.24) is 5.32 Å². The second kappa shape index (κ2) is 11.6. The molecule has 7 nitrogen and oxygen atoms in total. The second-order valence-electron chi connectivity index (χ2n) is 9.96. The number of amides is 1. The minimum Gasteiger partial charge on any atom is -0.489 e. The molecule has 0 saturated heterocycles. The highest BCUT2D eigenvalue weighted by atomic mass is 16.5. The predicted molar refractivity (Wildman–Crippen MR) is 138 cm³/mol. The standard InChI is InChI=1S/C28H37N3O4/c1-30(2)22-15-12-21(13-16-22)18-31-25-10-6-7-11-26(25)35-19-24(27(31)32)29-23(28(33)34)17-14-20-8-4-3-5-9-20/h6-7,10-13,15-16,20,23-24,29H,3-5,8-9,14,17-19H2,1-2H3,(H,33,34)/t23-,24?/m0/s1. The van der Waals surface area contributed by atoms with Crippen LogP contribution < -0.4 is 19.9 Å². The van der Waals surface area contributed by atoms with Gasteiger partial charge in [0.25, 0.3) is 0 Å². The molecule has 4 rings (SSSR count). The number of carbonyl (C=O) groups is 2. The van der Waals surface area contributed by atoms with Crippen molar-refractivity contribution < 1.29 is 19.4 Å². The predicted octanol–water partition coefficient (Wildman–Crippen LogP) is 4.45. The first-order valence-corrected chi connectivity index (χ1v) is 12.7. The van der Waals surface area contributed by atoms with Crippen LogP contribution in [0.1, 0.15) is 50.5 Å². The molecule has 0 bridgehead atoms. The maximum atomic E-state index is 13.7. The average molecular weight is 480 g/mol. The molecule has 0 spiro atoms. The van der Waals surface area contributed by atoms with Crippen LogP contribution in [0.4, 0.5) is 11.4 Å². The van der Waals surface area contributed by atoms with E-state index in [0.717, 1.165) is 17.7 Å². The van der Waals surface area contributed by atoms with E-state index in [1.54, 1.807) is 4.90 Å². The van der Waals surface area contributed by atoms with Crippen LogP contribution >= 0.6 is 0 Å². The van der Waals surface area contributed by atoms with Gasteiger partial charge in [-0.15, -0.1) is 0 Å². The van der Waals surface area contributed by atoms with Gasteiger partial charge in [-0.25, -0.2) is 0 Å². The van der Waals surface area contributed by atoms with E-state index in [2.05, 4.69) is 5.32 Å². The van der Waals surface area contributed by atoms with Crippen molar-refractivity contribution in [2.75, 3.05) is 30.5 Å². The number of anilines is 2. The van der Waals surface area contributed by atoms with Gasteiger partial charge in [-0.2, -0.15) is 0 Å². The number of nitrogens with zero attached hydrogens (tertiary/aromatic N) is 2. The Kier molecular flexibility index (Phi) is 8.29. The number of fused-ring (bicyclic) bond motifs is 1. The van der Waals surface area contributed by atoms with Crippen LogP contribution in [-0.2, 0) is 16.1 Å². The van der Waals surface area contributed by atoms with Gasteiger partial charge in [0, 0.05) is 19.8 Å². The average Bonchev–Trinajstić information content (AvgIpc) is 2.99. The Morgan fingerprint density at radius 1 is 1.11 bits per heavy atom. The summed E-state index contributed by atoms with van der Waals surface area (Å²) in [5, 5.41) is 13.0. The van der Waals surface area contributed by atoms with Gasteiger partial charge in [-0.3, -0.25) is 14.9 Å². The first-order valence-electron chi connectivity index (χ1n) is 12.7. The van der Waals surface area contributed by atoms with Crippen LogP contribution in [0.15, 0.2) is 48.5 Å². The quantitative estimate of drug-likeness (QED) is 0.553. The molecular weight excluding hydrogens is 442 g/mol. The van der Waals surface area contributed by atoms with Gasteiger partial charge in [0.2, 0.25) is 5.91 Å². The fraction of sp³-hybridized carbons (Fsp3) is 0.500. The maximum absolute atomic E-state index is 13.7. The Morgan fingerprint density at radius 2 is 1.83 bits per heavy atom. The van der Waals surface area contributed by atoms with E-state index in [1.165, 1.54) is 32.1 Å². The summed E-state index contributed by atoms with van der Waals surface area (Å²) in [5.41, 5.74) is 2.78. The number of carboxylic acid groups (broad SMARTS) is 1. The number of nitrogens with one attached hydrogen (secondary N) is 1. The molecule has 2 N–H and O–H groups in total. The fourth-order valence-electron chi connectivity index (χ4n) is 5.12. The van der Waals surface area contributed by atoms with Crippen molar-refractivity contribution in [3.63, 3.8) is 0 Å². The van der Waals surface area contributed by atoms with Gasteiger partial charge in [0.05, 0.1) is 12.2 Å². The molecule has 2 aliphatic rings. The summed E-state index contributed by atoms with van der Waals surface area (Å²) in [7, 11) is 3.98. The molecule has 2 aromatic carbocycles. The molecule has 0 aromatic heterocycles. The van der Waals surface area contributed by atoms with Crippen molar-refractivity contribution in [3.8, 4) is 5.75 Å². The Labute approximate surface area is 208 Å². The van der Waals surface area contributed by atoms with Gasteiger partial charge < -0.3 is 19.6 Å². The van der Waals surface area contributed by atoms with Crippen molar-refractivity contribution in [3.05, 3.63) is 54.1 Å². The molecular formula is C28H37N3O4. The number of carboxylic acids is 1. The number of hydrogen-bond acceptors (Lipinski definition) is 5. The van der Waals surface area contributed by atoms with E-state index >= 15 is 0 Å². The van der Waals surface area contributed by atoms with E-state index in [-0.39, 0.29) is 12.5 Å². The normalized spacial score (nSPS) is 19.4. The van der Waals surface area contributed by atoms with E-state index in [4.69, 9.17) is 4.74 Å². The van der Waals surface area contributed by atoms with E-state index in [0.29, 0.717) is 30.3 Å². The third-order valence-electron chi connectivity index (χ3n) is 7.21.